The van der Waals surface area contributed by atoms with Crippen molar-refractivity contribution in [3.63, 3.8) is 0 Å². The fraction of sp³-hybridized carbons (Fsp3) is 0.333. The van der Waals surface area contributed by atoms with E-state index < -0.39 is 5.38 Å². The highest BCUT2D eigenvalue weighted by Gasteiger charge is 2.20. The smallest absolute Gasteiger partial charge is 0.245 e. The van der Waals surface area contributed by atoms with Crippen molar-refractivity contribution in [3.8, 4) is 6.07 Å². The Morgan fingerprint density at radius 2 is 2.19 bits per heavy atom. The number of para-hydroxylation sites is 1. The van der Waals surface area contributed by atoms with Gasteiger partial charge in [-0.1, -0.05) is 18.2 Å². The van der Waals surface area contributed by atoms with E-state index in [0.717, 1.165) is 11.3 Å². The number of anilines is 1. The molecule has 1 rings (SSSR count). The van der Waals surface area contributed by atoms with Crippen LogP contribution in [0.2, 0.25) is 0 Å². The molecule has 84 valence electrons. The number of nitriles is 1. The predicted octanol–water partition coefficient (Wildman–Crippen LogP) is 2.48. The van der Waals surface area contributed by atoms with E-state index in [1.165, 1.54) is 4.90 Å². The standard InChI is InChI=1S/C12H13ClN2O/c1-9-5-3-4-6-11(9)15(8-7-14)12(16)10(2)13/h3-6,10H,8H2,1-2H3. The van der Waals surface area contributed by atoms with Gasteiger partial charge in [0.2, 0.25) is 5.91 Å². The second-order valence-corrected chi connectivity index (χ2v) is 4.14. The molecule has 1 atom stereocenters. The average Bonchev–Trinajstić information content (AvgIpc) is 2.26. The van der Waals surface area contributed by atoms with Crippen LogP contribution in [0.5, 0.6) is 0 Å². The molecule has 0 heterocycles. The van der Waals surface area contributed by atoms with Crippen LogP contribution in [-0.4, -0.2) is 17.8 Å². The molecule has 0 radical (unpaired) electrons. The van der Waals surface area contributed by atoms with E-state index in [0.29, 0.717) is 0 Å². The summed E-state index contributed by atoms with van der Waals surface area (Å²) in [6.45, 7) is 3.51. The molecule has 0 saturated heterocycles. The molecule has 0 aliphatic rings. The average molecular weight is 237 g/mol. The van der Waals surface area contributed by atoms with Gasteiger partial charge >= 0.3 is 0 Å². The van der Waals surface area contributed by atoms with Crippen molar-refractivity contribution in [2.24, 2.45) is 0 Å². The minimum atomic E-state index is -0.632. The van der Waals surface area contributed by atoms with Gasteiger partial charge in [-0.25, -0.2) is 0 Å². The quantitative estimate of drug-likeness (QED) is 0.598. The molecule has 4 heteroatoms. The summed E-state index contributed by atoms with van der Waals surface area (Å²) in [6.07, 6.45) is 0. The normalized spacial score (nSPS) is 11.6. The maximum Gasteiger partial charge on any atom is 0.245 e. The zero-order chi connectivity index (χ0) is 12.1. The Hall–Kier alpha value is -1.53. The number of nitrogens with zero attached hydrogens (tertiary/aromatic N) is 2. The largest absolute Gasteiger partial charge is 0.297 e. The molecule has 1 aromatic rings. The molecule has 0 spiro atoms. The van der Waals surface area contributed by atoms with Gasteiger partial charge in [0.05, 0.1) is 6.07 Å². The van der Waals surface area contributed by atoms with E-state index in [1.807, 2.05) is 37.3 Å². The highest BCUT2D eigenvalue weighted by molar-refractivity contribution is 6.32. The summed E-state index contributed by atoms with van der Waals surface area (Å²) in [5.41, 5.74) is 1.69. The molecule has 0 saturated carbocycles. The van der Waals surface area contributed by atoms with E-state index >= 15 is 0 Å². The third-order valence-electron chi connectivity index (χ3n) is 2.24. The lowest BCUT2D eigenvalue weighted by atomic mass is 10.1. The minimum absolute atomic E-state index is 0.0146. The number of aryl methyl sites for hydroxylation is 1. The molecule has 0 aliphatic heterocycles. The van der Waals surface area contributed by atoms with E-state index in [-0.39, 0.29) is 12.5 Å². The Bertz CT molecular complexity index is 423. The number of carbonyl (C=O) groups excluding carboxylic acids is 1. The third kappa shape index (κ3) is 2.74. The van der Waals surface area contributed by atoms with Crippen LogP contribution in [0, 0.1) is 18.3 Å². The molecular formula is C12H13ClN2O. The zero-order valence-corrected chi connectivity index (χ0v) is 10.0. The van der Waals surface area contributed by atoms with Gasteiger partial charge in [0.25, 0.3) is 0 Å². The summed E-state index contributed by atoms with van der Waals surface area (Å²) in [5.74, 6) is -0.252. The van der Waals surface area contributed by atoms with Crippen LogP contribution < -0.4 is 4.90 Å². The summed E-state index contributed by atoms with van der Waals surface area (Å²) >= 11 is 5.76. The first-order valence-corrected chi connectivity index (χ1v) is 5.39. The Morgan fingerprint density at radius 1 is 1.56 bits per heavy atom. The van der Waals surface area contributed by atoms with Crippen molar-refractivity contribution in [1.82, 2.24) is 0 Å². The van der Waals surface area contributed by atoms with Crippen molar-refractivity contribution >= 4 is 23.2 Å². The van der Waals surface area contributed by atoms with E-state index in [2.05, 4.69) is 0 Å². The molecule has 0 aliphatic carbocycles. The van der Waals surface area contributed by atoms with Crippen molar-refractivity contribution in [2.75, 3.05) is 11.4 Å². The van der Waals surface area contributed by atoms with E-state index in [4.69, 9.17) is 16.9 Å². The summed E-state index contributed by atoms with van der Waals surface area (Å²) in [7, 11) is 0. The van der Waals surface area contributed by atoms with Crippen molar-refractivity contribution < 1.29 is 4.79 Å². The molecule has 1 aromatic carbocycles. The Morgan fingerprint density at radius 3 is 2.69 bits per heavy atom. The molecule has 1 unspecified atom stereocenters. The van der Waals surface area contributed by atoms with Crippen molar-refractivity contribution in [2.45, 2.75) is 19.2 Å². The fourth-order valence-electron chi connectivity index (χ4n) is 1.43. The van der Waals surface area contributed by atoms with Gasteiger partial charge in [-0.2, -0.15) is 5.26 Å². The van der Waals surface area contributed by atoms with Crippen molar-refractivity contribution in [1.29, 1.82) is 5.26 Å². The molecule has 0 aromatic heterocycles. The number of rotatable bonds is 3. The predicted molar refractivity (Wildman–Crippen MR) is 64.5 cm³/mol. The highest BCUT2D eigenvalue weighted by Crippen LogP contribution is 2.20. The molecule has 0 N–H and O–H groups in total. The first-order valence-electron chi connectivity index (χ1n) is 4.96. The number of hydrogen-bond donors (Lipinski definition) is 0. The lowest BCUT2D eigenvalue weighted by Gasteiger charge is -2.22. The van der Waals surface area contributed by atoms with Crippen LogP contribution >= 0.6 is 11.6 Å². The number of carbonyl (C=O) groups is 1. The summed E-state index contributed by atoms with van der Waals surface area (Å²) < 4.78 is 0. The second kappa shape index (κ2) is 5.53. The number of hydrogen-bond acceptors (Lipinski definition) is 2. The van der Waals surface area contributed by atoms with Gasteiger partial charge in [0.1, 0.15) is 11.9 Å². The molecule has 3 nitrogen and oxygen atoms in total. The SMILES string of the molecule is Cc1ccccc1N(CC#N)C(=O)C(C)Cl. The Kier molecular flexibility index (Phi) is 4.33. The number of benzene rings is 1. The van der Waals surface area contributed by atoms with Gasteiger partial charge in [0, 0.05) is 5.69 Å². The number of halogens is 1. The molecule has 1 amide bonds. The number of alkyl halides is 1. The third-order valence-corrected chi connectivity index (χ3v) is 2.43. The monoisotopic (exact) mass is 236 g/mol. The zero-order valence-electron chi connectivity index (χ0n) is 9.27. The molecule has 0 bridgehead atoms. The number of amides is 1. The van der Waals surface area contributed by atoms with Gasteiger partial charge in [0.15, 0.2) is 0 Å². The summed E-state index contributed by atoms with van der Waals surface area (Å²) in [6, 6.07) is 9.40. The van der Waals surface area contributed by atoms with Crippen LogP contribution in [0.4, 0.5) is 5.69 Å². The van der Waals surface area contributed by atoms with Crippen LogP contribution in [0.15, 0.2) is 24.3 Å². The van der Waals surface area contributed by atoms with Crippen LogP contribution in [-0.2, 0) is 4.79 Å². The molecule has 0 fully saturated rings. The van der Waals surface area contributed by atoms with Gasteiger partial charge in [-0.3, -0.25) is 9.69 Å². The minimum Gasteiger partial charge on any atom is -0.297 e. The first kappa shape index (κ1) is 12.5. The topological polar surface area (TPSA) is 44.1 Å². The van der Waals surface area contributed by atoms with Gasteiger partial charge < -0.3 is 0 Å². The lowest BCUT2D eigenvalue weighted by Crippen LogP contribution is -2.36. The maximum absolute atomic E-state index is 11.8. The van der Waals surface area contributed by atoms with E-state index in [1.54, 1.807) is 6.92 Å². The van der Waals surface area contributed by atoms with Gasteiger partial charge in [-0.05, 0) is 25.5 Å². The molecular weight excluding hydrogens is 224 g/mol. The maximum atomic E-state index is 11.8. The second-order valence-electron chi connectivity index (χ2n) is 3.48. The highest BCUT2D eigenvalue weighted by atomic mass is 35.5. The summed E-state index contributed by atoms with van der Waals surface area (Å²) in [5, 5.41) is 8.10. The fourth-order valence-corrected chi connectivity index (χ4v) is 1.55. The van der Waals surface area contributed by atoms with E-state index in [9.17, 15) is 4.79 Å². The van der Waals surface area contributed by atoms with Crippen LogP contribution in [0.1, 0.15) is 12.5 Å². The Labute approximate surface area is 100 Å². The van der Waals surface area contributed by atoms with Crippen LogP contribution in [0.3, 0.4) is 0 Å². The molecule has 16 heavy (non-hydrogen) atoms. The lowest BCUT2D eigenvalue weighted by molar-refractivity contribution is -0.117. The first-order chi connectivity index (χ1) is 7.57. The summed E-state index contributed by atoms with van der Waals surface area (Å²) in [4.78, 5) is 13.2. The Balaban J connectivity index is 3.09. The van der Waals surface area contributed by atoms with Crippen LogP contribution in [0.25, 0.3) is 0 Å². The van der Waals surface area contributed by atoms with Gasteiger partial charge in [-0.15, -0.1) is 11.6 Å². The van der Waals surface area contributed by atoms with Crippen molar-refractivity contribution in [3.05, 3.63) is 29.8 Å².